The van der Waals surface area contributed by atoms with Crippen molar-refractivity contribution >= 4 is 12.0 Å². The van der Waals surface area contributed by atoms with E-state index in [1.165, 1.54) is 13.0 Å². The second-order valence-electron chi connectivity index (χ2n) is 2.77. The van der Waals surface area contributed by atoms with Gasteiger partial charge in [-0.25, -0.2) is 0 Å². The van der Waals surface area contributed by atoms with Crippen LogP contribution in [-0.4, -0.2) is 10.9 Å². The lowest BCUT2D eigenvalue weighted by Gasteiger charge is -2.00. The number of carbonyl (C=O) groups excluding carboxylic acids is 1. The summed E-state index contributed by atoms with van der Waals surface area (Å²) < 4.78 is 4.82. The largest absolute Gasteiger partial charge is 0.427 e. The molecule has 0 aromatic heterocycles. The van der Waals surface area contributed by atoms with Gasteiger partial charge in [0.2, 0.25) is 6.20 Å². The Balaban J connectivity index is 2.82. The lowest BCUT2D eigenvalue weighted by atomic mass is 10.2. The normalized spacial score (nSPS) is 10.2. The van der Waals surface area contributed by atoms with Crippen LogP contribution in [0.2, 0.25) is 0 Å². The molecule has 0 saturated heterocycles. The summed E-state index contributed by atoms with van der Waals surface area (Å²) in [4.78, 5) is 20.2. The molecular formula is C10H9NO4. The molecule has 0 saturated carbocycles. The Bertz CT molecular complexity index is 412. The van der Waals surface area contributed by atoms with Crippen molar-refractivity contribution in [1.29, 1.82) is 0 Å². The smallest absolute Gasteiger partial charge is 0.308 e. The third-order valence-electron chi connectivity index (χ3n) is 1.51. The van der Waals surface area contributed by atoms with Crippen LogP contribution in [0.25, 0.3) is 6.08 Å². The summed E-state index contributed by atoms with van der Waals surface area (Å²) in [5.41, 5.74) is 0.602. The van der Waals surface area contributed by atoms with E-state index >= 15 is 0 Å². The summed E-state index contributed by atoms with van der Waals surface area (Å²) in [6.45, 7) is 1.29. The molecule has 0 radical (unpaired) electrons. The maximum atomic E-state index is 10.6. The van der Waals surface area contributed by atoms with Crippen molar-refractivity contribution in [3.63, 3.8) is 0 Å². The fourth-order valence-corrected chi connectivity index (χ4v) is 0.995. The minimum absolute atomic E-state index is 0.369. The van der Waals surface area contributed by atoms with Crippen molar-refractivity contribution < 1.29 is 14.5 Å². The topological polar surface area (TPSA) is 69.4 Å². The number of benzene rings is 1. The zero-order chi connectivity index (χ0) is 11.3. The standard InChI is InChI=1S/C10H9NO4/c1-8(12)15-10-4-2-3-9(7-10)5-6-11(13)14/h2-7H,1H3. The fourth-order valence-electron chi connectivity index (χ4n) is 0.995. The Hall–Kier alpha value is -2.17. The molecule has 0 amide bonds. The molecule has 78 valence electrons. The van der Waals surface area contributed by atoms with Crippen LogP contribution in [0, 0.1) is 10.1 Å². The van der Waals surface area contributed by atoms with Gasteiger partial charge in [0, 0.05) is 13.0 Å². The third kappa shape index (κ3) is 4.04. The highest BCUT2D eigenvalue weighted by Gasteiger charge is 1.98. The fraction of sp³-hybridized carbons (Fsp3) is 0.100. The van der Waals surface area contributed by atoms with E-state index < -0.39 is 10.9 Å². The number of esters is 1. The zero-order valence-corrected chi connectivity index (χ0v) is 8.04. The van der Waals surface area contributed by atoms with E-state index in [1.807, 2.05) is 0 Å². The minimum Gasteiger partial charge on any atom is -0.427 e. The van der Waals surface area contributed by atoms with Gasteiger partial charge in [0.25, 0.3) is 0 Å². The molecule has 0 heterocycles. The van der Waals surface area contributed by atoms with Gasteiger partial charge in [-0.1, -0.05) is 12.1 Å². The first-order valence-electron chi connectivity index (χ1n) is 4.18. The van der Waals surface area contributed by atoms with E-state index in [0.717, 1.165) is 6.20 Å². The van der Waals surface area contributed by atoms with Crippen LogP contribution in [0.15, 0.2) is 30.5 Å². The highest BCUT2D eigenvalue weighted by molar-refractivity contribution is 5.69. The summed E-state index contributed by atoms with van der Waals surface area (Å²) in [6, 6.07) is 6.47. The summed E-state index contributed by atoms with van der Waals surface area (Å²) in [5.74, 6) is -0.0570. The zero-order valence-electron chi connectivity index (χ0n) is 8.04. The summed E-state index contributed by atoms with van der Waals surface area (Å²) >= 11 is 0. The molecular weight excluding hydrogens is 198 g/mol. The molecule has 1 rings (SSSR count). The maximum Gasteiger partial charge on any atom is 0.308 e. The molecule has 15 heavy (non-hydrogen) atoms. The van der Waals surface area contributed by atoms with Crippen molar-refractivity contribution in [2.45, 2.75) is 6.92 Å². The predicted molar refractivity (Wildman–Crippen MR) is 53.8 cm³/mol. The quantitative estimate of drug-likeness (QED) is 0.328. The van der Waals surface area contributed by atoms with Crippen LogP contribution >= 0.6 is 0 Å². The molecule has 1 aromatic rings. The van der Waals surface area contributed by atoms with Gasteiger partial charge in [-0.3, -0.25) is 14.9 Å². The van der Waals surface area contributed by atoms with E-state index in [1.54, 1.807) is 24.3 Å². The molecule has 1 aromatic carbocycles. The van der Waals surface area contributed by atoms with Crippen LogP contribution in [-0.2, 0) is 4.79 Å². The molecule has 0 spiro atoms. The molecule has 0 unspecified atom stereocenters. The van der Waals surface area contributed by atoms with E-state index in [2.05, 4.69) is 0 Å². The van der Waals surface area contributed by atoms with Crippen LogP contribution in [0.3, 0.4) is 0 Å². The average Bonchev–Trinajstić information content (AvgIpc) is 2.14. The van der Waals surface area contributed by atoms with Gasteiger partial charge in [0.05, 0.1) is 4.92 Å². The number of nitro groups is 1. The average molecular weight is 207 g/mol. The number of rotatable bonds is 3. The van der Waals surface area contributed by atoms with E-state index in [9.17, 15) is 14.9 Å². The number of ether oxygens (including phenoxy) is 1. The second kappa shape index (κ2) is 4.90. The molecule has 0 bridgehead atoms. The molecule has 5 nitrogen and oxygen atoms in total. The molecule has 0 fully saturated rings. The van der Waals surface area contributed by atoms with Gasteiger partial charge in [-0.2, -0.15) is 0 Å². The van der Waals surface area contributed by atoms with Crippen molar-refractivity contribution in [2.75, 3.05) is 0 Å². The van der Waals surface area contributed by atoms with Gasteiger partial charge in [-0.05, 0) is 17.7 Å². The van der Waals surface area contributed by atoms with Crippen molar-refractivity contribution in [3.05, 3.63) is 46.1 Å². The highest BCUT2D eigenvalue weighted by atomic mass is 16.6. The van der Waals surface area contributed by atoms with Crippen LogP contribution in [0.1, 0.15) is 12.5 Å². The first-order valence-corrected chi connectivity index (χ1v) is 4.18. The molecule has 0 atom stereocenters. The van der Waals surface area contributed by atoms with Crippen molar-refractivity contribution in [1.82, 2.24) is 0 Å². The molecule has 0 aliphatic carbocycles. The van der Waals surface area contributed by atoms with Crippen LogP contribution in [0.5, 0.6) is 5.75 Å². The van der Waals surface area contributed by atoms with Gasteiger partial charge < -0.3 is 4.74 Å². The summed E-state index contributed by atoms with van der Waals surface area (Å²) in [7, 11) is 0. The monoisotopic (exact) mass is 207 g/mol. The van der Waals surface area contributed by atoms with Crippen LogP contribution in [0.4, 0.5) is 0 Å². The first-order chi connectivity index (χ1) is 7.08. The van der Waals surface area contributed by atoms with E-state index in [0.29, 0.717) is 11.3 Å². The Kier molecular flexibility index (Phi) is 3.56. The van der Waals surface area contributed by atoms with Crippen molar-refractivity contribution in [3.8, 4) is 5.75 Å². The van der Waals surface area contributed by atoms with Gasteiger partial charge >= 0.3 is 5.97 Å². The van der Waals surface area contributed by atoms with Gasteiger partial charge in [-0.15, -0.1) is 0 Å². The Morgan fingerprint density at radius 3 is 2.87 bits per heavy atom. The minimum atomic E-state index is -0.557. The SMILES string of the molecule is CC(=O)Oc1cccc(C=C[N+](=O)[O-])c1. The summed E-state index contributed by atoms with van der Waals surface area (Å²) in [6.07, 6.45) is 2.15. The Morgan fingerprint density at radius 1 is 1.53 bits per heavy atom. The van der Waals surface area contributed by atoms with Gasteiger partial charge in [0.15, 0.2) is 0 Å². The highest BCUT2D eigenvalue weighted by Crippen LogP contribution is 2.14. The second-order valence-corrected chi connectivity index (χ2v) is 2.77. The van der Waals surface area contributed by atoms with Crippen molar-refractivity contribution in [2.24, 2.45) is 0 Å². The molecule has 5 heteroatoms. The number of hydrogen-bond donors (Lipinski definition) is 0. The molecule has 0 aliphatic heterocycles. The lowest BCUT2D eigenvalue weighted by Crippen LogP contribution is -2.01. The number of nitrogens with zero attached hydrogens (tertiary/aromatic N) is 1. The predicted octanol–water partition coefficient (Wildman–Crippen LogP) is 1.86. The first kappa shape index (κ1) is 10.9. The maximum absolute atomic E-state index is 10.6. The molecule has 0 N–H and O–H groups in total. The Morgan fingerprint density at radius 2 is 2.27 bits per heavy atom. The van der Waals surface area contributed by atoms with Gasteiger partial charge in [0.1, 0.15) is 5.75 Å². The lowest BCUT2D eigenvalue weighted by molar-refractivity contribution is -0.400. The number of carbonyl (C=O) groups is 1. The van der Waals surface area contributed by atoms with Crippen LogP contribution < -0.4 is 4.74 Å². The Labute approximate surface area is 86.1 Å². The van der Waals surface area contributed by atoms with E-state index in [-0.39, 0.29) is 0 Å². The number of hydrogen-bond acceptors (Lipinski definition) is 4. The summed E-state index contributed by atoms with van der Waals surface area (Å²) in [5, 5.41) is 10.1. The molecule has 0 aliphatic rings. The van der Waals surface area contributed by atoms with E-state index in [4.69, 9.17) is 4.74 Å². The third-order valence-corrected chi connectivity index (χ3v) is 1.51.